The Bertz CT molecular complexity index is 441. The predicted molar refractivity (Wildman–Crippen MR) is 72.2 cm³/mol. The van der Waals surface area contributed by atoms with Crippen LogP contribution < -0.4 is 5.32 Å². The van der Waals surface area contributed by atoms with Crippen molar-refractivity contribution in [2.75, 3.05) is 0 Å². The van der Waals surface area contributed by atoms with Crippen molar-refractivity contribution in [2.24, 2.45) is 5.92 Å². The molecule has 0 spiro atoms. The van der Waals surface area contributed by atoms with E-state index in [1.807, 2.05) is 6.92 Å². The molecular weight excluding hydrogens is 244 g/mol. The number of hydrogen-bond acceptors (Lipinski definition) is 3. The van der Waals surface area contributed by atoms with Gasteiger partial charge in [-0.2, -0.15) is 0 Å². The zero-order valence-electron chi connectivity index (χ0n) is 11.5. The maximum atomic E-state index is 11.9. The molecule has 1 unspecified atom stereocenters. The van der Waals surface area contributed by atoms with E-state index in [1.54, 1.807) is 0 Å². The smallest absolute Gasteiger partial charge is 0.354 e. The minimum atomic E-state index is -1.10. The second-order valence-electron chi connectivity index (χ2n) is 5.08. The molecule has 0 aliphatic rings. The number of carbonyl (C=O) groups is 2. The maximum Gasteiger partial charge on any atom is 0.354 e. The van der Waals surface area contributed by atoms with Gasteiger partial charge in [0.05, 0.1) is 5.56 Å². The molecule has 1 heterocycles. The molecule has 0 radical (unpaired) electrons. The number of aromatic carboxylic acids is 1. The second-order valence-corrected chi connectivity index (χ2v) is 5.08. The first-order valence-corrected chi connectivity index (χ1v) is 6.40. The van der Waals surface area contributed by atoms with Crippen molar-refractivity contribution in [1.29, 1.82) is 0 Å². The van der Waals surface area contributed by atoms with E-state index in [0.717, 1.165) is 12.8 Å². The number of nitrogens with zero attached hydrogens (tertiary/aromatic N) is 1. The Balaban J connectivity index is 2.55. The highest BCUT2D eigenvalue weighted by Gasteiger charge is 2.12. The Morgan fingerprint density at radius 3 is 2.42 bits per heavy atom. The Kier molecular flexibility index (Phi) is 5.48. The predicted octanol–water partition coefficient (Wildman–Crippen LogP) is 2.33. The van der Waals surface area contributed by atoms with Crippen molar-refractivity contribution in [3.63, 3.8) is 0 Å². The zero-order valence-corrected chi connectivity index (χ0v) is 11.5. The molecule has 19 heavy (non-hydrogen) atoms. The van der Waals surface area contributed by atoms with E-state index in [9.17, 15) is 9.59 Å². The Morgan fingerprint density at radius 1 is 1.26 bits per heavy atom. The first-order valence-electron chi connectivity index (χ1n) is 6.40. The number of rotatable bonds is 6. The van der Waals surface area contributed by atoms with Crippen LogP contribution >= 0.6 is 0 Å². The largest absolute Gasteiger partial charge is 0.477 e. The molecule has 1 atom stereocenters. The van der Waals surface area contributed by atoms with Crippen molar-refractivity contribution in [3.8, 4) is 0 Å². The van der Waals surface area contributed by atoms with Crippen LogP contribution in [-0.2, 0) is 0 Å². The van der Waals surface area contributed by atoms with Gasteiger partial charge in [-0.1, -0.05) is 13.8 Å². The van der Waals surface area contributed by atoms with Gasteiger partial charge in [-0.05, 0) is 37.8 Å². The quantitative estimate of drug-likeness (QED) is 0.826. The third kappa shape index (κ3) is 5.07. The summed E-state index contributed by atoms with van der Waals surface area (Å²) in [6.45, 7) is 6.24. The summed E-state index contributed by atoms with van der Waals surface area (Å²) in [5, 5.41) is 11.6. The fourth-order valence-corrected chi connectivity index (χ4v) is 1.62. The summed E-state index contributed by atoms with van der Waals surface area (Å²) in [6.07, 6.45) is 3.26. The number of hydrogen-bond donors (Lipinski definition) is 2. The van der Waals surface area contributed by atoms with Crippen molar-refractivity contribution in [2.45, 2.75) is 39.7 Å². The summed E-state index contributed by atoms with van der Waals surface area (Å²) in [5.74, 6) is -0.714. The minimum Gasteiger partial charge on any atom is -0.477 e. The van der Waals surface area contributed by atoms with Gasteiger partial charge in [0.1, 0.15) is 5.69 Å². The fraction of sp³-hybridized carbons (Fsp3) is 0.500. The van der Waals surface area contributed by atoms with Crippen LogP contribution in [0.15, 0.2) is 18.3 Å². The molecule has 5 heteroatoms. The number of carboxylic acids is 1. The lowest BCUT2D eigenvalue weighted by Gasteiger charge is -2.15. The second kappa shape index (κ2) is 6.87. The summed E-state index contributed by atoms with van der Waals surface area (Å²) < 4.78 is 0. The van der Waals surface area contributed by atoms with Gasteiger partial charge in [0.25, 0.3) is 5.91 Å². The molecule has 1 amide bonds. The molecule has 0 saturated carbocycles. The molecule has 1 aromatic heterocycles. The van der Waals surface area contributed by atoms with E-state index in [2.05, 4.69) is 24.1 Å². The lowest BCUT2D eigenvalue weighted by molar-refractivity contribution is 0.0689. The van der Waals surface area contributed by atoms with Crippen LogP contribution in [-0.4, -0.2) is 28.0 Å². The van der Waals surface area contributed by atoms with Crippen LogP contribution in [0.5, 0.6) is 0 Å². The van der Waals surface area contributed by atoms with Crippen molar-refractivity contribution < 1.29 is 14.7 Å². The SMILES string of the molecule is CC(C)CCC(C)NC(=O)c1ccc(C(=O)O)nc1. The Hall–Kier alpha value is -1.91. The van der Waals surface area contributed by atoms with Gasteiger partial charge in [0.2, 0.25) is 0 Å². The lowest BCUT2D eigenvalue weighted by atomic mass is 10.0. The van der Waals surface area contributed by atoms with E-state index < -0.39 is 5.97 Å². The van der Waals surface area contributed by atoms with Gasteiger partial charge in [0.15, 0.2) is 0 Å². The first-order chi connectivity index (χ1) is 8.90. The van der Waals surface area contributed by atoms with Gasteiger partial charge < -0.3 is 10.4 Å². The number of aromatic nitrogens is 1. The highest BCUT2D eigenvalue weighted by Crippen LogP contribution is 2.07. The molecule has 0 aliphatic carbocycles. The van der Waals surface area contributed by atoms with Crippen LogP contribution in [0.2, 0.25) is 0 Å². The third-order valence-corrected chi connectivity index (χ3v) is 2.80. The summed E-state index contributed by atoms with van der Waals surface area (Å²) in [5.41, 5.74) is 0.311. The van der Waals surface area contributed by atoms with Gasteiger partial charge in [-0.3, -0.25) is 4.79 Å². The third-order valence-electron chi connectivity index (χ3n) is 2.80. The van der Waals surface area contributed by atoms with Crippen LogP contribution in [0.4, 0.5) is 0 Å². The summed E-state index contributed by atoms with van der Waals surface area (Å²) in [6, 6.07) is 2.89. The van der Waals surface area contributed by atoms with E-state index in [4.69, 9.17) is 5.11 Å². The molecule has 0 aromatic carbocycles. The van der Waals surface area contributed by atoms with E-state index in [1.165, 1.54) is 18.3 Å². The van der Waals surface area contributed by atoms with Crippen molar-refractivity contribution >= 4 is 11.9 Å². The molecule has 0 fully saturated rings. The summed E-state index contributed by atoms with van der Waals surface area (Å²) >= 11 is 0. The zero-order chi connectivity index (χ0) is 14.4. The van der Waals surface area contributed by atoms with Gasteiger partial charge in [-0.15, -0.1) is 0 Å². The number of amides is 1. The normalized spacial score (nSPS) is 12.2. The summed E-state index contributed by atoms with van der Waals surface area (Å²) in [4.78, 5) is 26.2. The monoisotopic (exact) mass is 264 g/mol. The number of pyridine rings is 1. The minimum absolute atomic E-state index is 0.0654. The highest BCUT2D eigenvalue weighted by atomic mass is 16.4. The Labute approximate surface area is 113 Å². The molecule has 104 valence electrons. The molecule has 1 rings (SSSR count). The molecule has 0 bridgehead atoms. The van der Waals surface area contributed by atoms with Crippen molar-refractivity contribution in [1.82, 2.24) is 10.3 Å². The van der Waals surface area contributed by atoms with Crippen molar-refractivity contribution in [3.05, 3.63) is 29.6 Å². The first kappa shape index (κ1) is 15.1. The van der Waals surface area contributed by atoms with Crippen LogP contribution in [0.3, 0.4) is 0 Å². The van der Waals surface area contributed by atoms with Crippen LogP contribution in [0.25, 0.3) is 0 Å². The molecule has 2 N–H and O–H groups in total. The number of nitrogens with one attached hydrogen (secondary N) is 1. The van der Waals surface area contributed by atoms with E-state index in [-0.39, 0.29) is 17.6 Å². The van der Waals surface area contributed by atoms with Crippen LogP contribution in [0.1, 0.15) is 54.5 Å². The number of carbonyl (C=O) groups excluding carboxylic acids is 1. The number of carboxylic acid groups (broad SMARTS) is 1. The van der Waals surface area contributed by atoms with Crippen LogP contribution in [0, 0.1) is 5.92 Å². The average molecular weight is 264 g/mol. The fourth-order valence-electron chi connectivity index (χ4n) is 1.62. The van der Waals surface area contributed by atoms with E-state index >= 15 is 0 Å². The van der Waals surface area contributed by atoms with Gasteiger partial charge in [-0.25, -0.2) is 9.78 Å². The molecule has 1 aromatic rings. The lowest BCUT2D eigenvalue weighted by Crippen LogP contribution is -2.32. The molecule has 0 saturated heterocycles. The maximum absolute atomic E-state index is 11.9. The highest BCUT2D eigenvalue weighted by molar-refractivity contribution is 5.95. The molecule has 5 nitrogen and oxygen atoms in total. The van der Waals surface area contributed by atoms with Gasteiger partial charge in [0, 0.05) is 12.2 Å². The van der Waals surface area contributed by atoms with E-state index in [0.29, 0.717) is 11.5 Å². The topological polar surface area (TPSA) is 79.3 Å². The van der Waals surface area contributed by atoms with Gasteiger partial charge >= 0.3 is 5.97 Å². The average Bonchev–Trinajstić information content (AvgIpc) is 2.36. The molecular formula is C14H20N2O3. The Morgan fingerprint density at radius 2 is 1.95 bits per heavy atom. The standard InChI is InChI=1S/C14H20N2O3/c1-9(2)4-5-10(3)16-13(17)11-6-7-12(14(18)19)15-8-11/h6-10H,4-5H2,1-3H3,(H,16,17)(H,18,19). The summed E-state index contributed by atoms with van der Waals surface area (Å²) in [7, 11) is 0. The molecule has 0 aliphatic heterocycles.